The quantitative estimate of drug-likeness (QED) is 0.739. The van der Waals surface area contributed by atoms with Crippen molar-refractivity contribution in [3.8, 4) is 11.5 Å². The molecule has 0 amide bonds. The summed E-state index contributed by atoms with van der Waals surface area (Å²) in [5.74, 6) is 1.19. The standard InChI is InChI=1S/C18H22O2/c1-2-3-5-10-16-13-17(11-12-18(16)19)20-14-15-8-6-4-7-9-15/h4,6-9,11-13,19H,2-3,5,10,14H2,1H3. The fourth-order valence-corrected chi connectivity index (χ4v) is 2.16. The Morgan fingerprint density at radius 1 is 1.00 bits per heavy atom. The molecule has 0 fully saturated rings. The molecule has 0 heterocycles. The molecule has 20 heavy (non-hydrogen) atoms. The summed E-state index contributed by atoms with van der Waals surface area (Å²) < 4.78 is 5.78. The highest BCUT2D eigenvalue weighted by Crippen LogP contribution is 2.25. The lowest BCUT2D eigenvalue weighted by Crippen LogP contribution is -1.96. The van der Waals surface area contributed by atoms with Gasteiger partial charge in [-0.15, -0.1) is 0 Å². The normalized spacial score (nSPS) is 10.4. The molecule has 0 radical (unpaired) electrons. The van der Waals surface area contributed by atoms with Crippen LogP contribution in [0.5, 0.6) is 11.5 Å². The zero-order valence-electron chi connectivity index (χ0n) is 12.0. The van der Waals surface area contributed by atoms with E-state index >= 15 is 0 Å². The Bertz CT molecular complexity index is 520. The summed E-state index contributed by atoms with van der Waals surface area (Å²) in [5, 5.41) is 9.86. The Morgan fingerprint density at radius 3 is 2.55 bits per heavy atom. The van der Waals surface area contributed by atoms with Gasteiger partial charge in [0, 0.05) is 0 Å². The molecule has 2 nitrogen and oxygen atoms in total. The Hall–Kier alpha value is -1.96. The van der Waals surface area contributed by atoms with Crippen molar-refractivity contribution in [2.24, 2.45) is 0 Å². The van der Waals surface area contributed by atoms with Crippen molar-refractivity contribution in [2.75, 3.05) is 0 Å². The first-order chi connectivity index (χ1) is 9.79. The van der Waals surface area contributed by atoms with Crippen LogP contribution in [0.1, 0.15) is 37.3 Å². The lowest BCUT2D eigenvalue weighted by molar-refractivity contribution is 0.305. The van der Waals surface area contributed by atoms with Gasteiger partial charge in [-0.3, -0.25) is 0 Å². The number of phenols is 1. The van der Waals surface area contributed by atoms with Crippen LogP contribution in [0.25, 0.3) is 0 Å². The van der Waals surface area contributed by atoms with Crippen molar-refractivity contribution in [1.82, 2.24) is 0 Å². The predicted octanol–water partition coefficient (Wildman–Crippen LogP) is 4.70. The first kappa shape index (κ1) is 14.4. The van der Waals surface area contributed by atoms with E-state index in [0.29, 0.717) is 12.4 Å². The SMILES string of the molecule is CCCCCc1cc(OCc2ccccc2)ccc1O. The second-order valence-electron chi connectivity index (χ2n) is 5.02. The third-order valence-corrected chi connectivity index (χ3v) is 3.35. The van der Waals surface area contributed by atoms with E-state index in [9.17, 15) is 5.11 Å². The van der Waals surface area contributed by atoms with Crippen molar-refractivity contribution in [2.45, 2.75) is 39.2 Å². The Morgan fingerprint density at radius 2 is 1.80 bits per heavy atom. The topological polar surface area (TPSA) is 29.5 Å². The smallest absolute Gasteiger partial charge is 0.120 e. The lowest BCUT2D eigenvalue weighted by atomic mass is 10.1. The summed E-state index contributed by atoms with van der Waals surface area (Å²) in [4.78, 5) is 0. The minimum Gasteiger partial charge on any atom is -0.508 e. The van der Waals surface area contributed by atoms with E-state index in [0.717, 1.165) is 29.7 Å². The molecular formula is C18H22O2. The number of hydrogen-bond acceptors (Lipinski definition) is 2. The number of ether oxygens (including phenoxy) is 1. The first-order valence-corrected chi connectivity index (χ1v) is 7.28. The minimum absolute atomic E-state index is 0.369. The molecule has 2 aromatic rings. The van der Waals surface area contributed by atoms with Gasteiger partial charge in [-0.25, -0.2) is 0 Å². The summed E-state index contributed by atoms with van der Waals surface area (Å²) in [5.41, 5.74) is 2.12. The molecular weight excluding hydrogens is 248 g/mol. The number of aromatic hydroxyl groups is 1. The van der Waals surface area contributed by atoms with Gasteiger partial charge >= 0.3 is 0 Å². The zero-order chi connectivity index (χ0) is 14.2. The highest BCUT2D eigenvalue weighted by molar-refractivity contribution is 5.39. The number of aryl methyl sites for hydroxylation is 1. The molecule has 0 bridgehead atoms. The van der Waals surface area contributed by atoms with Crippen LogP contribution in [0.3, 0.4) is 0 Å². The van der Waals surface area contributed by atoms with Crippen molar-refractivity contribution in [3.05, 3.63) is 59.7 Å². The van der Waals surface area contributed by atoms with Crippen LogP contribution in [0.4, 0.5) is 0 Å². The Balaban J connectivity index is 1.96. The van der Waals surface area contributed by atoms with Gasteiger partial charge in [0.05, 0.1) is 0 Å². The second-order valence-corrected chi connectivity index (χ2v) is 5.02. The van der Waals surface area contributed by atoms with Crippen molar-refractivity contribution in [3.63, 3.8) is 0 Å². The summed E-state index contributed by atoms with van der Waals surface area (Å²) in [6, 6.07) is 15.6. The number of rotatable bonds is 7. The van der Waals surface area contributed by atoms with Crippen LogP contribution in [0.2, 0.25) is 0 Å². The summed E-state index contributed by atoms with van der Waals surface area (Å²) >= 11 is 0. The maximum absolute atomic E-state index is 9.86. The molecule has 0 aromatic heterocycles. The molecule has 0 aliphatic rings. The van der Waals surface area contributed by atoms with E-state index < -0.39 is 0 Å². The number of unbranched alkanes of at least 4 members (excludes halogenated alkanes) is 2. The third kappa shape index (κ3) is 4.30. The lowest BCUT2D eigenvalue weighted by Gasteiger charge is -2.10. The molecule has 0 saturated heterocycles. The highest BCUT2D eigenvalue weighted by Gasteiger charge is 2.04. The maximum Gasteiger partial charge on any atom is 0.120 e. The molecule has 2 rings (SSSR count). The van der Waals surface area contributed by atoms with E-state index in [1.807, 2.05) is 42.5 Å². The predicted molar refractivity (Wildman–Crippen MR) is 82.1 cm³/mol. The van der Waals surface area contributed by atoms with Crippen LogP contribution < -0.4 is 4.74 Å². The largest absolute Gasteiger partial charge is 0.508 e. The van der Waals surface area contributed by atoms with E-state index in [2.05, 4.69) is 6.92 Å². The third-order valence-electron chi connectivity index (χ3n) is 3.35. The molecule has 2 heteroatoms. The van der Waals surface area contributed by atoms with Crippen molar-refractivity contribution < 1.29 is 9.84 Å². The fraction of sp³-hybridized carbons (Fsp3) is 0.333. The molecule has 1 N–H and O–H groups in total. The van der Waals surface area contributed by atoms with Crippen molar-refractivity contribution in [1.29, 1.82) is 0 Å². The molecule has 0 saturated carbocycles. The maximum atomic E-state index is 9.86. The molecule has 0 spiro atoms. The fourth-order valence-electron chi connectivity index (χ4n) is 2.16. The van der Waals surface area contributed by atoms with Crippen LogP contribution in [0, 0.1) is 0 Å². The van der Waals surface area contributed by atoms with Crippen LogP contribution in [0.15, 0.2) is 48.5 Å². The second kappa shape index (κ2) is 7.59. The summed E-state index contributed by atoms with van der Waals surface area (Å²) in [6.07, 6.45) is 4.38. The van der Waals surface area contributed by atoms with Crippen molar-refractivity contribution >= 4 is 0 Å². The van der Waals surface area contributed by atoms with Gasteiger partial charge in [-0.05, 0) is 42.2 Å². The molecule has 106 valence electrons. The minimum atomic E-state index is 0.369. The van der Waals surface area contributed by atoms with E-state index in [1.54, 1.807) is 6.07 Å². The van der Waals surface area contributed by atoms with Gasteiger partial charge in [0.25, 0.3) is 0 Å². The number of benzene rings is 2. The average Bonchev–Trinajstić information content (AvgIpc) is 2.49. The van der Waals surface area contributed by atoms with E-state index in [1.165, 1.54) is 12.8 Å². The van der Waals surface area contributed by atoms with Crippen LogP contribution >= 0.6 is 0 Å². The van der Waals surface area contributed by atoms with Gasteiger partial charge in [0.15, 0.2) is 0 Å². The Kier molecular flexibility index (Phi) is 5.48. The first-order valence-electron chi connectivity index (χ1n) is 7.28. The van der Waals surface area contributed by atoms with Gasteiger partial charge < -0.3 is 9.84 Å². The summed E-state index contributed by atoms with van der Waals surface area (Å²) in [7, 11) is 0. The van der Waals surface area contributed by atoms with Gasteiger partial charge in [0.2, 0.25) is 0 Å². The van der Waals surface area contributed by atoms with Gasteiger partial charge in [-0.2, -0.15) is 0 Å². The monoisotopic (exact) mass is 270 g/mol. The Labute approximate surface area is 121 Å². The molecule has 0 aliphatic heterocycles. The number of phenolic OH excluding ortho intramolecular Hbond substituents is 1. The van der Waals surface area contributed by atoms with Crippen LogP contribution in [-0.4, -0.2) is 5.11 Å². The molecule has 0 aliphatic carbocycles. The van der Waals surface area contributed by atoms with Crippen LogP contribution in [-0.2, 0) is 13.0 Å². The summed E-state index contributed by atoms with van der Waals surface area (Å²) in [6.45, 7) is 2.74. The van der Waals surface area contributed by atoms with E-state index in [-0.39, 0.29) is 0 Å². The molecule has 0 atom stereocenters. The van der Waals surface area contributed by atoms with Gasteiger partial charge in [-0.1, -0.05) is 50.1 Å². The van der Waals surface area contributed by atoms with E-state index in [4.69, 9.17) is 4.74 Å². The molecule has 0 unspecified atom stereocenters. The number of hydrogen-bond donors (Lipinski definition) is 1. The average molecular weight is 270 g/mol. The zero-order valence-corrected chi connectivity index (χ0v) is 12.0. The van der Waals surface area contributed by atoms with Gasteiger partial charge in [0.1, 0.15) is 18.1 Å². The highest BCUT2D eigenvalue weighted by atomic mass is 16.5. The molecule has 2 aromatic carbocycles.